The molecule has 2 unspecified atom stereocenters. The molecule has 13 heteroatoms. The molecule has 3 fully saturated rings. The summed E-state index contributed by atoms with van der Waals surface area (Å²) in [6, 6.07) is 0.895. The third-order valence-electron chi connectivity index (χ3n) is 8.28. The highest BCUT2D eigenvalue weighted by Gasteiger charge is 2.61. The van der Waals surface area contributed by atoms with Gasteiger partial charge in [-0.1, -0.05) is 19.0 Å². The van der Waals surface area contributed by atoms with Gasteiger partial charge in [0.1, 0.15) is 16.6 Å². The van der Waals surface area contributed by atoms with Crippen molar-refractivity contribution in [3.8, 4) is 0 Å². The second kappa shape index (κ2) is 8.45. The van der Waals surface area contributed by atoms with E-state index in [-0.39, 0.29) is 46.1 Å². The Morgan fingerprint density at radius 2 is 1.92 bits per heavy atom. The largest absolute Gasteiger partial charge is 0.477 e. The van der Waals surface area contributed by atoms with Crippen molar-refractivity contribution in [1.82, 2.24) is 34.7 Å². The number of carboxylic acid groups (broad SMARTS) is 1. The molecule has 2 amide bonds. The van der Waals surface area contributed by atoms with E-state index in [1.54, 1.807) is 30.5 Å². The first-order valence-electron chi connectivity index (χ1n) is 12.6. The van der Waals surface area contributed by atoms with Crippen molar-refractivity contribution in [1.29, 1.82) is 0 Å². The van der Waals surface area contributed by atoms with Crippen LogP contribution in [0.4, 0.5) is 0 Å². The van der Waals surface area contributed by atoms with Crippen LogP contribution in [-0.4, -0.2) is 83.8 Å². The van der Waals surface area contributed by atoms with E-state index in [9.17, 15) is 19.5 Å². The van der Waals surface area contributed by atoms with Gasteiger partial charge in [0, 0.05) is 37.5 Å². The molecule has 1 N–H and O–H groups in total. The number of carbonyl (C=O) groups is 3. The van der Waals surface area contributed by atoms with Crippen LogP contribution in [-0.2, 0) is 4.79 Å². The van der Waals surface area contributed by atoms with Gasteiger partial charge in [0.25, 0.3) is 11.8 Å². The Hall–Kier alpha value is -3.61. The van der Waals surface area contributed by atoms with Crippen LogP contribution in [0.15, 0.2) is 22.3 Å². The molecule has 3 atom stereocenters. The van der Waals surface area contributed by atoms with Crippen LogP contribution in [0.1, 0.15) is 76.7 Å². The standard InChI is InChI=1S/C25H29N7O5S/c1-13-5-17(23(35)36)32(28-13)14(2)20-27-19(29-37-20)16-8-30(22(34)18-7-26-12-38-18)9-25(16)10-31(11-25)21(33)15-6-24(15,3)4/h5,7,12,14-16H,6,8-11H2,1-4H3,(H,35,36)/t14?,15-,16?/m1/s1. The smallest absolute Gasteiger partial charge is 0.354 e. The molecule has 1 saturated carbocycles. The maximum absolute atomic E-state index is 13.2. The van der Waals surface area contributed by atoms with E-state index in [4.69, 9.17) is 4.52 Å². The molecule has 38 heavy (non-hydrogen) atoms. The molecular formula is C25H29N7O5S. The van der Waals surface area contributed by atoms with Crippen LogP contribution >= 0.6 is 11.3 Å². The number of hydrogen-bond acceptors (Lipinski definition) is 9. The van der Waals surface area contributed by atoms with E-state index in [0.29, 0.717) is 42.6 Å². The van der Waals surface area contributed by atoms with Gasteiger partial charge in [-0.25, -0.2) is 9.48 Å². The lowest BCUT2D eigenvalue weighted by molar-refractivity contribution is -0.145. The van der Waals surface area contributed by atoms with Gasteiger partial charge in [0.15, 0.2) is 5.82 Å². The average Bonchev–Trinajstić information content (AvgIpc) is 3.46. The van der Waals surface area contributed by atoms with Crippen LogP contribution in [0.25, 0.3) is 0 Å². The summed E-state index contributed by atoms with van der Waals surface area (Å²) >= 11 is 1.30. The van der Waals surface area contributed by atoms with Gasteiger partial charge in [-0.3, -0.25) is 14.6 Å². The molecule has 2 saturated heterocycles. The van der Waals surface area contributed by atoms with E-state index < -0.39 is 12.0 Å². The zero-order valence-electron chi connectivity index (χ0n) is 21.6. The van der Waals surface area contributed by atoms with E-state index in [1.807, 2.05) is 4.90 Å². The highest BCUT2D eigenvalue weighted by Crippen LogP contribution is 2.55. The van der Waals surface area contributed by atoms with E-state index in [2.05, 4.69) is 34.1 Å². The second-order valence-electron chi connectivity index (χ2n) is 11.5. The monoisotopic (exact) mass is 539 g/mol. The zero-order chi connectivity index (χ0) is 27.0. The van der Waals surface area contributed by atoms with Crippen molar-refractivity contribution >= 4 is 29.1 Å². The number of rotatable bonds is 6. The lowest BCUT2D eigenvalue weighted by Crippen LogP contribution is -2.62. The van der Waals surface area contributed by atoms with Gasteiger partial charge in [0.2, 0.25) is 5.91 Å². The summed E-state index contributed by atoms with van der Waals surface area (Å²) < 4.78 is 6.97. The van der Waals surface area contributed by atoms with Crippen molar-refractivity contribution in [3.63, 3.8) is 0 Å². The molecule has 6 rings (SSSR count). The van der Waals surface area contributed by atoms with E-state index in [0.717, 1.165) is 6.42 Å². The molecule has 1 aliphatic carbocycles. The van der Waals surface area contributed by atoms with Crippen molar-refractivity contribution in [2.75, 3.05) is 26.2 Å². The lowest BCUT2D eigenvalue weighted by Gasteiger charge is -2.50. The Morgan fingerprint density at radius 3 is 2.55 bits per heavy atom. The first-order chi connectivity index (χ1) is 18.0. The Morgan fingerprint density at radius 1 is 1.21 bits per heavy atom. The number of thiazole rings is 1. The summed E-state index contributed by atoms with van der Waals surface area (Å²) in [5.74, 6) is -0.526. The summed E-state index contributed by atoms with van der Waals surface area (Å²) in [4.78, 5) is 50.9. The normalized spacial score (nSPS) is 23.9. The first-order valence-corrected chi connectivity index (χ1v) is 13.5. The number of carbonyl (C=O) groups excluding carboxylic acids is 2. The maximum atomic E-state index is 13.2. The van der Waals surface area contributed by atoms with Crippen molar-refractivity contribution in [2.45, 2.75) is 46.1 Å². The molecule has 3 aromatic heterocycles. The Bertz CT molecular complexity index is 1420. The van der Waals surface area contributed by atoms with Gasteiger partial charge < -0.3 is 19.4 Å². The molecule has 12 nitrogen and oxygen atoms in total. The van der Waals surface area contributed by atoms with Gasteiger partial charge in [-0.15, -0.1) is 11.3 Å². The topological polar surface area (TPSA) is 148 Å². The summed E-state index contributed by atoms with van der Waals surface area (Å²) in [5, 5.41) is 18.1. The summed E-state index contributed by atoms with van der Waals surface area (Å²) in [5.41, 5.74) is 1.89. The predicted octanol–water partition coefficient (Wildman–Crippen LogP) is 2.45. The van der Waals surface area contributed by atoms with Crippen LogP contribution in [0.3, 0.4) is 0 Å². The van der Waals surface area contributed by atoms with Gasteiger partial charge >= 0.3 is 5.97 Å². The van der Waals surface area contributed by atoms with Gasteiger partial charge in [-0.2, -0.15) is 10.1 Å². The van der Waals surface area contributed by atoms with Crippen LogP contribution in [0.5, 0.6) is 0 Å². The van der Waals surface area contributed by atoms with Crippen LogP contribution in [0.2, 0.25) is 0 Å². The van der Waals surface area contributed by atoms with Crippen molar-refractivity contribution < 1.29 is 24.0 Å². The average molecular weight is 540 g/mol. The molecule has 2 aliphatic heterocycles. The fraction of sp³-hybridized carbons (Fsp3) is 0.560. The fourth-order valence-corrected chi connectivity index (χ4v) is 6.48. The number of aromatic nitrogens is 5. The van der Waals surface area contributed by atoms with Gasteiger partial charge in [0.05, 0.1) is 23.3 Å². The molecule has 3 aliphatic rings. The predicted molar refractivity (Wildman–Crippen MR) is 134 cm³/mol. The molecular weight excluding hydrogens is 510 g/mol. The van der Waals surface area contributed by atoms with Crippen LogP contribution < -0.4 is 0 Å². The minimum atomic E-state index is -1.10. The lowest BCUT2D eigenvalue weighted by atomic mass is 9.71. The number of amides is 2. The number of carboxylic acids is 1. The molecule has 200 valence electrons. The molecule has 0 radical (unpaired) electrons. The molecule has 0 aromatic carbocycles. The van der Waals surface area contributed by atoms with Gasteiger partial charge in [-0.05, 0) is 31.7 Å². The number of likely N-dealkylation sites (tertiary alicyclic amines) is 2. The quantitative estimate of drug-likeness (QED) is 0.499. The third-order valence-corrected chi connectivity index (χ3v) is 9.04. The summed E-state index contributed by atoms with van der Waals surface area (Å²) in [7, 11) is 0. The minimum Gasteiger partial charge on any atom is -0.477 e. The molecule has 3 aromatic rings. The number of hydrogen-bond donors (Lipinski definition) is 1. The highest BCUT2D eigenvalue weighted by molar-refractivity contribution is 7.11. The summed E-state index contributed by atoms with van der Waals surface area (Å²) in [6.45, 7) is 9.61. The highest BCUT2D eigenvalue weighted by atomic mass is 32.1. The summed E-state index contributed by atoms with van der Waals surface area (Å²) in [6.07, 6.45) is 2.46. The molecule has 1 spiro atoms. The Balaban J connectivity index is 1.27. The molecule has 0 bridgehead atoms. The van der Waals surface area contributed by atoms with E-state index >= 15 is 0 Å². The third kappa shape index (κ3) is 3.91. The van der Waals surface area contributed by atoms with Crippen LogP contribution in [0, 0.1) is 23.7 Å². The Labute approximate surface area is 222 Å². The van der Waals surface area contributed by atoms with Crippen molar-refractivity contribution in [2.24, 2.45) is 16.7 Å². The van der Waals surface area contributed by atoms with Crippen molar-refractivity contribution in [3.05, 3.63) is 45.8 Å². The number of aromatic carboxylic acids is 1. The second-order valence-corrected chi connectivity index (χ2v) is 12.4. The molecule has 5 heterocycles. The van der Waals surface area contributed by atoms with E-state index in [1.165, 1.54) is 22.1 Å². The fourth-order valence-electron chi connectivity index (χ4n) is 5.89. The Kier molecular flexibility index (Phi) is 5.49. The maximum Gasteiger partial charge on any atom is 0.354 e. The number of aryl methyl sites for hydroxylation is 1. The zero-order valence-corrected chi connectivity index (χ0v) is 22.4. The minimum absolute atomic E-state index is 0.0320. The SMILES string of the molecule is Cc1cc(C(=O)O)n(C(C)c2nc(C3CN(C(=O)c4cncs4)CC34CN(C(=O)[C@H]3CC3(C)C)C4)no2)n1. The number of nitrogens with zero attached hydrogens (tertiary/aromatic N) is 7. The first kappa shape index (κ1) is 24.7.